The third-order valence-electron chi connectivity index (χ3n) is 2.78. The van der Waals surface area contributed by atoms with Gasteiger partial charge >= 0.3 is 5.97 Å². The van der Waals surface area contributed by atoms with E-state index in [1.165, 1.54) is 6.07 Å². The zero-order valence-corrected chi connectivity index (χ0v) is 10.6. The molecule has 0 aromatic heterocycles. The van der Waals surface area contributed by atoms with Crippen LogP contribution in [-0.4, -0.2) is 22.0 Å². The lowest BCUT2D eigenvalue weighted by Gasteiger charge is -2.16. The summed E-state index contributed by atoms with van der Waals surface area (Å²) in [6.45, 7) is 5.18. The van der Waals surface area contributed by atoms with Crippen molar-refractivity contribution in [2.75, 3.05) is 5.32 Å². The predicted octanol–water partition coefficient (Wildman–Crippen LogP) is 2.49. The van der Waals surface area contributed by atoms with E-state index in [4.69, 9.17) is 5.11 Å². The lowest BCUT2D eigenvalue weighted by molar-refractivity contribution is -0.385. The summed E-state index contributed by atoms with van der Waals surface area (Å²) in [6.07, 6.45) is 0.399. The lowest BCUT2D eigenvalue weighted by Crippen LogP contribution is -2.28. The molecule has 1 rings (SSSR count). The Hall–Kier alpha value is -2.11. The van der Waals surface area contributed by atoms with Crippen LogP contribution >= 0.6 is 0 Å². The molecule has 6 nitrogen and oxygen atoms in total. The van der Waals surface area contributed by atoms with Gasteiger partial charge in [-0.2, -0.15) is 0 Å². The van der Waals surface area contributed by atoms with E-state index in [9.17, 15) is 14.9 Å². The first-order chi connectivity index (χ1) is 8.36. The van der Waals surface area contributed by atoms with Gasteiger partial charge < -0.3 is 10.4 Å². The van der Waals surface area contributed by atoms with E-state index in [1.807, 2.05) is 0 Å². The average molecular weight is 252 g/mol. The minimum atomic E-state index is -0.972. The van der Waals surface area contributed by atoms with Crippen LogP contribution in [0.1, 0.15) is 24.5 Å². The molecule has 0 heterocycles. The molecule has 0 fully saturated rings. The largest absolute Gasteiger partial charge is 0.480 e. The number of aryl methyl sites for hydroxylation is 2. The van der Waals surface area contributed by atoms with Crippen molar-refractivity contribution < 1.29 is 14.8 Å². The van der Waals surface area contributed by atoms with Crippen molar-refractivity contribution in [3.05, 3.63) is 33.4 Å². The second-order valence-electron chi connectivity index (χ2n) is 4.15. The summed E-state index contributed by atoms with van der Waals surface area (Å²) in [7, 11) is 0. The van der Waals surface area contributed by atoms with Gasteiger partial charge in [0.25, 0.3) is 5.69 Å². The van der Waals surface area contributed by atoms with E-state index in [2.05, 4.69) is 5.32 Å². The third kappa shape index (κ3) is 2.97. The smallest absolute Gasteiger partial charge is 0.326 e. The normalized spacial score (nSPS) is 11.9. The molecule has 0 radical (unpaired) electrons. The lowest BCUT2D eigenvalue weighted by atomic mass is 10.1. The molecule has 0 spiro atoms. The van der Waals surface area contributed by atoms with Gasteiger partial charge in [-0.25, -0.2) is 4.79 Å². The molecule has 1 unspecified atom stereocenters. The molecule has 1 aromatic carbocycles. The number of hydrogen-bond acceptors (Lipinski definition) is 4. The van der Waals surface area contributed by atoms with Crippen molar-refractivity contribution in [1.82, 2.24) is 0 Å². The maximum absolute atomic E-state index is 10.9. The van der Waals surface area contributed by atoms with E-state index in [0.29, 0.717) is 17.7 Å². The van der Waals surface area contributed by atoms with Crippen LogP contribution in [0.15, 0.2) is 12.1 Å². The molecule has 0 aliphatic heterocycles. The van der Waals surface area contributed by atoms with Gasteiger partial charge in [-0.15, -0.1) is 0 Å². The first kappa shape index (κ1) is 14.0. The Bertz CT molecular complexity index is 485. The number of rotatable bonds is 5. The number of nitrogens with zero attached hydrogens (tertiary/aromatic N) is 1. The zero-order valence-electron chi connectivity index (χ0n) is 10.6. The first-order valence-corrected chi connectivity index (χ1v) is 5.61. The summed E-state index contributed by atoms with van der Waals surface area (Å²) in [5.41, 5.74) is 1.83. The summed E-state index contributed by atoms with van der Waals surface area (Å²) in [5.74, 6) is -0.972. The highest BCUT2D eigenvalue weighted by atomic mass is 16.6. The van der Waals surface area contributed by atoms with Gasteiger partial charge in [-0.3, -0.25) is 10.1 Å². The maximum Gasteiger partial charge on any atom is 0.326 e. The van der Waals surface area contributed by atoms with Crippen molar-refractivity contribution in [2.45, 2.75) is 33.2 Å². The SMILES string of the molecule is CCC(Nc1cc([N+](=O)[O-])c(C)cc1C)C(=O)O. The maximum atomic E-state index is 10.9. The summed E-state index contributed by atoms with van der Waals surface area (Å²) in [5, 5.41) is 22.6. The van der Waals surface area contributed by atoms with Gasteiger partial charge in [0.1, 0.15) is 6.04 Å². The van der Waals surface area contributed by atoms with Crippen LogP contribution in [0.3, 0.4) is 0 Å². The Morgan fingerprint density at radius 1 is 1.44 bits per heavy atom. The molecule has 18 heavy (non-hydrogen) atoms. The van der Waals surface area contributed by atoms with Crippen LogP contribution in [0.2, 0.25) is 0 Å². The highest BCUT2D eigenvalue weighted by Gasteiger charge is 2.18. The molecule has 98 valence electrons. The fraction of sp³-hybridized carbons (Fsp3) is 0.417. The van der Waals surface area contributed by atoms with E-state index in [1.54, 1.807) is 26.8 Å². The van der Waals surface area contributed by atoms with E-state index in [-0.39, 0.29) is 5.69 Å². The zero-order chi connectivity index (χ0) is 13.9. The quantitative estimate of drug-likeness (QED) is 0.620. The number of hydrogen-bond donors (Lipinski definition) is 2. The Kier molecular flexibility index (Phi) is 4.25. The highest BCUT2D eigenvalue weighted by Crippen LogP contribution is 2.27. The number of nitro groups is 1. The highest BCUT2D eigenvalue weighted by molar-refractivity contribution is 5.78. The van der Waals surface area contributed by atoms with Crippen molar-refractivity contribution in [3.63, 3.8) is 0 Å². The van der Waals surface area contributed by atoms with E-state index in [0.717, 1.165) is 5.56 Å². The van der Waals surface area contributed by atoms with Crippen molar-refractivity contribution in [1.29, 1.82) is 0 Å². The average Bonchev–Trinajstić information content (AvgIpc) is 2.26. The number of carboxylic acid groups (broad SMARTS) is 1. The Morgan fingerprint density at radius 3 is 2.50 bits per heavy atom. The van der Waals surface area contributed by atoms with E-state index < -0.39 is 16.9 Å². The molecule has 1 aromatic rings. The van der Waals surface area contributed by atoms with Crippen LogP contribution in [0.5, 0.6) is 0 Å². The summed E-state index contributed by atoms with van der Waals surface area (Å²) in [4.78, 5) is 21.3. The van der Waals surface area contributed by atoms with Crippen LogP contribution in [0.4, 0.5) is 11.4 Å². The number of aliphatic carboxylic acids is 1. The molecular weight excluding hydrogens is 236 g/mol. The van der Waals surface area contributed by atoms with Crippen LogP contribution < -0.4 is 5.32 Å². The van der Waals surface area contributed by atoms with Gasteiger partial charge in [0.2, 0.25) is 0 Å². The molecule has 0 aliphatic rings. The predicted molar refractivity (Wildman–Crippen MR) is 67.9 cm³/mol. The molecule has 0 aliphatic carbocycles. The molecule has 2 N–H and O–H groups in total. The fourth-order valence-electron chi connectivity index (χ4n) is 1.72. The van der Waals surface area contributed by atoms with Crippen molar-refractivity contribution in [3.8, 4) is 0 Å². The third-order valence-corrected chi connectivity index (χ3v) is 2.78. The van der Waals surface area contributed by atoms with E-state index >= 15 is 0 Å². The Labute approximate surface area is 105 Å². The minimum Gasteiger partial charge on any atom is -0.480 e. The summed E-state index contributed by atoms with van der Waals surface area (Å²) >= 11 is 0. The topological polar surface area (TPSA) is 92.5 Å². The van der Waals surface area contributed by atoms with Crippen molar-refractivity contribution >= 4 is 17.3 Å². The molecule has 0 bridgehead atoms. The number of carbonyl (C=O) groups is 1. The summed E-state index contributed by atoms with van der Waals surface area (Å²) < 4.78 is 0. The van der Waals surface area contributed by atoms with Gasteiger partial charge in [0.15, 0.2) is 0 Å². The van der Waals surface area contributed by atoms with Gasteiger partial charge in [0, 0.05) is 17.3 Å². The molecule has 0 amide bonds. The van der Waals surface area contributed by atoms with Crippen molar-refractivity contribution in [2.24, 2.45) is 0 Å². The van der Waals surface area contributed by atoms with Gasteiger partial charge in [-0.05, 0) is 31.9 Å². The Balaban J connectivity index is 3.12. The molecular formula is C12H16N2O4. The van der Waals surface area contributed by atoms with Crippen LogP contribution in [-0.2, 0) is 4.79 Å². The molecule has 0 saturated heterocycles. The molecule has 0 saturated carbocycles. The monoisotopic (exact) mass is 252 g/mol. The Morgan fingerprint density at radius 2 is 2.06 bits per heavy atom. The molecule has 1 atom stereocenters. The minimum absolute atomic E-state index is 0.0108. The van der Waals surface area contributed by atoms with Crippen LogP contribution in [0.25, 0.3) is 0 Å². The number of anilines is 1. The fourth-order valence-corrected chi connectivity index (χ4v) is 1.72. The number of nitrogens with one attached hydrogen (secondary N) is 1. The number of carboxylic acids is 1. The number of nitro benzene ring substituents is 1. The number of benzene rings is 1. The second kappa shape index (κ2) is 5.48. The second-order valence-corrected chi connectivity index (χ2v) is 4.15. The van der Waals surface area contributed by atoms with Crippen LogP contribution in [0, 0.1) is 24.0 Å². The van der Waals surface area contributed by atoms with Gasteiger partial charge in [-0.1, -0.05) is 6.92 Å². The first-order valence-electron chi connectivity index (χ1n) is 5.61. The molecule has 6 heteroatoms. The summed E-state index contributed by atoms with van der Waals surface area (Å²) in [6, 6.07) is 2.32. The standard InChI is InChI=1S/C12H16N2O4/c1-4-9(12(15)16)13-10-6-11(14(17)18)8(3)5-7(10)2/h5-6,9,13H,4H2,1-3H3,(H,15,16). The van der Waals surface area contributed by atoms with Gasteiger partial charge in [0.05, 0.1) is 4.92 Å².